The number of nitrogens with one attached hydrogen (secondary N) is 3. The lowest BCUT2D eigenvalue weighted by Crippen LogP contribution is -2.33. The number of benzene rings is 2. The Labute approximate surface area is 225 Å². The van der Waals surface area contributed by atoms with E-state index in [1.807, 2.05) is 0 Å². The van der Waals surface area contributed by atoms with Crippen LogP contribution in [0.3, 0.4) is 0 Å². The number of urea groups is 1. The Balaban J connectivity index is 1.73. The molecule has 1 heterocycles. The molecule has 12 heteroatoms. The summed E-state index contributed by atoms with van der Waals surface area (Å²) in [6.07, 6.45) is 2.86. The summed E-state index contributed by atoms with van der Waals surface area (Å²) in [6, 6.07) is 12.2. The molecule has 0 fully saturated rings. The SMILES string of the molecule is CCN(CC)CCCC(NC(=O)Nc1ccc(F)c([N+](=O)[O-])c1)c1ccc(C(=O)Nc2ccccc2N)nc1. The number of hydrogen-bond acceptors (Lipinski definition) is 7. The lowest BCUT2D eigenvalue weighted by molar-refractivity contribution is -0.387. The number of aromatic nitrogens is 1. The van der Waals surface area contributed by atoms with Crippen molar-refractivity contribution in [3.05, 3.63) is 88.0 Å². The van der Waals surface area contributed by atoms with Gasteiger partial charge in [0, 0.05) is 18.0 Å². The molecule has 0 aliphatic carbocycles. The zero-order valence-electron chi connectivity index (χ0n) is 21.8. The molecule has 11 nitrogen and oxygen atoms in total. The van der Waals surface area contributed by atoms with Gasteiger partial charge in [0.25, 0.3) is 5.91 Å². The first-order valence-corrected chi connectivity index (χ1v) is 12.6. The van der Waals surface area contributed by atoms with Crippen molar-refractivity contribution in [2.24, 2.45) is 0 Å². The molecule has 0 aliphatic heterocycles. The Morgan fingerprint density at radius 3 is 2.49 bits per heavy atom. The van der Waals surface area contributed by atoms with Crippen LogP contribution in [0.2, 0.25) is 0 Å². The maximum Gasteiger partial charge on any atom is 0.319 e. The summed E-state index contributed by atoms with van der Waals surface area (Å²) in [7, 11) is 0. The van der Waals surface area contributed by atoms with E-state index >= 15 is 0 Å². The second-order valence-corrected chi connectivity index (χ2v) is 8.76. The molecule has 0 spiro atoms. The second-order valence-electron chi connectivity index (χ2n) is 8.76. The molecule has 0 aliphatic rings. The van der Waals surface area contributed by atoms with Crippen molar-refractivity contribution >= 4 is 34.7 Å². The molecule has 0 saturated heterocycles. The molecule has 2 aromatic carbocycles. The molecule has 3 amide bonds. The number of para-hydroxylation sites is 2. The molecule has 206 valence electrons. The van der Waals surface area contributed by atoms with Crippen molar-refractivity contribution in [2.75, 3.05) is 36.0 Å². The normalized spacial score (nSPS) is 11.6. The maximum absolute atomic E-state index is 13.7. The Hall–Kier alpha value is -4.58. The highest BCUT2D eigenvalue weighted by Crippen LogP contribution is 2.23. The van der Waals surface area contributed by atoms with E-state index in [1.54, 1.807) is 36.4 Å². The highest BCUT2D eigenvalue weighted by molar-refractivity contribution is 6.04. The highest BCUT2D eigenvalue weighted by Gasteiger charge is 2.19. The van der Waals surface area contributed by atoms with Crippen LogP contribution >= 0.6 is 0 Å². The number of nitrogen functional groups attached to an aromatic ring is 1. The third-order valence-corrected chi connectivity index (χ3v) is 6.20. The summed E-state index contributed by atoms with van der Waals surface area (Å²) in [5.74, 6) is -1.42. The smallest absolute Gasteiger partial charge is 0.319 e. The molecule has 3 aromatic rings. The molecule has 3 rings (SSSR count). The van der Waals surface area contributed by atoms with Crippen LogP contribution in [0.1, 0.15) is 48.8 Å². The molecule has 1 atom stereocenters. The standard InChI is InChI=1S/C27H32FN7O4/c1-3-34(4-2)15-7-10-22(33-27(37)31-19-12-13-20(28)25(16-19)35(38)39)18-11-14-24(30-17-18)26(36)32-23-9-6-5-8-21(23)29/h5-6,8-9,11-14,16-17,22H,3-4,7,10,15,29H2,1-2H3,(H,32,36)(H2,31,33,37). The topological polar surface area (TPSA) is 156 Å². The molecular weight excluding hydrogens is 505 g/mol. The number of carbonyl (C=O) groups is 2. The van der Waals surface area contributed by atoms with Crippen LogP contribution < -0.4 is 21.7 Å². The summed E-state index contributed by atoms with van der Waals surface area (Å²) in [5.41, 5.74) is 6.98. The van der Waals surface area contributed by atoms with Gasteiger partial charge in [-0.3, -0.25) is 19.9 Å². The molecule has 1 unspecified atom stereocenters. The van der Waals surface area contributed by atoms with Gasteiger partial charge in [-0.05, 0) is 68.4 Å². The van der Waals surface area contributed by atoms with Crippen molar-refractivity contribution in [1.29, 1.82) is 0 Å². The van der Waals surface area contributed by atoms with Crippen molar-refractivity contribution < 1.29 is 18.9 Å². The van der Waals surface area contributed by atoms with Gasteiger partial charge in [-0.15, -0.1) is 0 Å². The number of pyridine rings is 1. The number of nitro groups is 1. The minimum absolute atomic E-state index is 0.0767. The van der Waals surface area contributed by atoms with Gasteiger partial charge in [-0.1, -0.05) is 32.0 Å². The van der Waals surface area contributed by atoms with E-state index in [1.165, 1.54) is 12.3 Å². The van der Waals surface area contributed by atoms with Crippen LogP contribution in [0.4, 0.5) is 31.9 Å². The summed E-state index contributed by atoms with van der Waals surface area (Å²) in [4.78, 5) is 42.2. The van der Waals surface area contributed by atoms with E-state index in [2.05, 4.69) is 39.7 Å². The molecule has 5 N–H and O–H groups in total. The number of carbonyl (C=O) groups excluding carboxylic acids is 2. The average Bonchev–Trinajstić information content (AvgIpc) is 2.92. The van der Waals surface area contributed by atoms with Crippen LogP contribution in [-0.4, -0.2) is 46.4 Å². The Morgan fingerprint density at radius 2 is 1.85 bits per heavy atom. The van der Waals surface area contributed by atoms with Crippen LogP contribution in [-0.2, 0) is 0 Å². The number of nitrogens with two attached hydrogens (primary N) is 1. The van der Waals surface area contributed by atoms with Crippen molar-refractivity contribution in [3.63, 3.8) is 0 Å². The maximum atomic E-state index is 13.7. The first-order chi connectivity index (χ1) is 18.7. The minimum atomic E-state index is -0.995. The van der Waals surface area contributed by atoms with Crippen molar-refractivity contribution in [1.82, 2.24) is 15.2 Å². The summed E-state index contributed by atoms with van der Waals surface area (Å²) in [6.45, 7) is 6.77. The Kier molecular flexibility index (Phi) is 10.3. The Bertz CT molecular complexity index is 1300. The predicted octanol–water partition coefficient (Wildman–Crippen LogP) is 4.95. The van der Waals surface area contributed by atoms with Gasteiger partial charge in [0.05, 0.1) is 22.3 Å². The fourth-order valence-electron chi connectivity index (χ4n) is 3.98. The van der Waals surface area contributed by atoms with Crippen LogP contribution in [0.5, 0.6) is 0 Å². The monoisotopic (exact) mass is 537 g/mol. The first-order valence-electron chi connectivity index (χ1n) is 12.6. The quantitative estimate of drug-likeness (QED) is 0.145. The number of anilines is 3. The molecule has 0 saturated carbocycles. The fraction of sp³-hybridized carbons (Fsp3) is 0.296. The van der Waals surface area contributed by atoms with Gasteiger partial charge >= 0.3 is 11.7 Å². The van der Waals surface area contributed by atoms with Gasteiger partial charge in [-0.2, -0.15) is 4.39 Å². The molecule has 0 radical (unpaired) electrons. The van der Waals surface area contributed by atoms with E-state index in [0.29, 0.717) is 23.4 Å². The van der Waals surface area contributed by atoms with Gasteiger partial charge in [-0.25, -0.2) is 4.79 Å². The van der Waals surface area contributed by atoms with E-state index in [0.717, 1.165) is 38.2 Å². The van der Waals surface area contributed by atoms with Gasteiger partial charge in [0.15, 0.2) is 0 Å². The predicted molar refractivity (Wildman–Crippen MR) is 148 cm³/mol. The average molecular weight is 538 g/mol. The number of amides is 3. The third kappa shape index (κ3) is 8.20. The lowest BCUT2D eigenvalue weighted by atomic mass is 10.0. The summed E-state index contributed by atoms with van der Waals surface area (Å²) < 4.78 is 13.7. The van der Waals surface area contributed by atoms with Gasteiger partial charge in [0.2, 0.25) is 5.82 Å². The number of nitro benzene ring substituents is 1. The van der Waals surface area contributed by atoms with E-state index in [-0.39, 0.29) is 11.4 Å². The first kappa shape index (κ1) is 29.0. The van der Waals surface area contributed by atoms with E-state index in [9.17, 15) is 24.1 Å². The van der Waals surface area contributed by atoms with Crippen LogP contribution in [0.15, 0.2) is 60.8 Å². The second kappa shape index (κ2) is 13.8. The zero-order valence-corrected chi connectivity index (χ0v) is 21.8. The van der Waals surface area contributed by atoms with Gasteiger partial charge in [0.1, 0.15) is 5.69 Å². The number of halogens is 1. The lowest BCUT2D eigenvalue weighted by Gasteiger charge is -2.22. The molecule has 0 bridgehead atoms. The largest absolute Gasteiger partial charge is 0.397 e. The fourth-order valence-corrected chi connectivity index (χ4v) is 3.98. The van der Waals surface area contributed by atoms with E-state index in [4.69, 9.17) is 5.73 Å². The third-order valence-electron chi connectivity index (χ3n) is 6.20. The van der Waals surface area contributed by atoms with Crippen molar-refractivity contribution in [2.45, 2.75) is 32.7 Å². The molecular formula is C27H32FN7O4. The molecule has 39 heavy (non-hydrogen) atoms. The Morgan fingerprint density at radius 1 is 1.10 bits per heavy atom. The summed E-state index contributed by atoms with van der Waals surface area (Å²) in [5, 5.41) is 19.1. The van der Waals surface area contributed by atoms with Crippen molar-refractivity contribution in [3.8, 4) is 0 Å². The number of nitrogens with zero attached hydrogens (tertiary/aromatic N) is 3. The number of hydrogen-bond donors (Lipinski definition) is 4. The van der Waals surface area contributed by atoms with Crippen LogP contribution in [0.25, 0.3) is 0 Å². The molecule has 1 aromatic heterocycles. The number of rotatable bonds is 12. The van der Waals surface area contributed by atoms with Gasteiger partial charge < -0.3 is 26.6 Å². The minimum Gasteiger partial charge on any atom is -0.397 e. The zero-order chi connectivity index (χ0) is 28.4. The highest BCUT2D eigenvalue weighted by atomic mass is 19.1. The summed E-state index contributed by atoms with van der Waals surface area (Å²) >= 11 is 0. The van der Waals surface area contributed by atoms with Crippen LogP contribution in [0, 0.1) is 15.9 Å². The van der Waals surface area contributed by atoms with E-state index < -0.39 is 34.4 Å².